The van der Waals surface area contributed by atoms with Crippen LogP contribution in [0.15, 0.2) is 91.0 Å². The smallest absolute Gasteiger partial charge is 0.345 e. The van der Waals surface area contributed by atoms with Gasteiger partial charge in [0.2, 0.25) is 0 Å². The maximum Gasteiger partial charge on any atom is 0.345 e. The van der Waals surface area contributed by atoms with Crippen LogP contribution < -0.4 is 28.3 Å². The molecular formula is C32H42ClO2P. The number of carbonyl (C=O) groups excluding carboxylic acids is 1. The lowest BCUT2D eigenvalue weighted by Gasteiger charge is -2.26. The van der Waals surface area contributed by atoms with Gasteiger partial charge in [0.15, 0.2) is 6.16 Å². The van der Waals surface area contributed by atoms with E-state index in [4.69, 9.17) is 4.74 Å². The van der Waals surface area contributed by atoms with Crippen LogP contribution in [0.4, 0.5) is 0 Å². The lowest BCUT2D eigenvalue weighted by molar-refractivity contribution is -0.140. The first-order chi connectivity index (χ1) is 17.3. The van der Waals surface area contributed by atoms with Gasteiger partial charge >= 0.3 is 5.97 Å². The summed E-state index contributed by atoms with van der Waals surface area (Å²) in [5.74, 6) is -0.0918. The molecule has 2 nitrogen and oxygen atoms in total. The molecule has 0 amide bonds. The number of carbonyl (C=O) groups is 1. The summed E-state index contributed by atoms with van der Waals surface area (Å²) >= 11 is 0. The minimum absolute atomic E-state index is 0. The minimum Gasteiger partial charge on any atom is -1.00 e. The van der Waals surface area contributed by atoms with E-state index in [1.54, 1.807) is 0 Å². The largest absolute Gasteiger partial charge is 1.00 e. The van der Waals surface area contributed by atoms with E-state index in [9.17, 15) is 4.79 Å². The van der Waals surface area contributed by atoms with E-state index in [0.29, 0.717) is 12.8 Å². The summed E-state index contributed by atoms with van der Waals surface area (Å²) in [5.41, 5.74) is 0. The van der Waals surface area contributed by atoms with E-state index in [1.807, 2.05) is 18.2 Å². The van der Waals surface area contributed by atoms with Crippen molar-refractivity contribution < 1.29 is 21.9 Å². The normalized spacial score (nSPS) is 11.0. The van der Waals surface area contributed by atoms with Crippen molar-refractivity contribution in [2.75, 3.05) is 12.8 Å². The molecule has 3 aromatic carbocycles. The van der Waals surface area contributed by atoms with Crippen LogP contribution >= 0.6 is 7.26 Å². The van der Waals surface area contributed by atoms with E-state index in [-0.39, 0.29) is 18.4 Å². The summed E-state index contributed by atoms with van der Waals surface area (Å²) in [4.78, 5) is 13.2. The molecule has 36 heavy (non-hydrogen) atoms. The van der Waals surface area contributed by atoms with Crippen LogP contribution in [0.5, 0.6) is 0 Å². The lowest BCUT2D eigenvalue weighted by Crippen LogP contribution is -3.00. The molecule has 0 aliphatic heterocycles. The number of hydrogen-bond acceptors (Lipinski definition) is 2. The standard InChI is InChI=1S/C32H42O2P.ClH/c1-2-3-4-5-6-7-8-9-10-20-27-34-32(33)28-35(29-21-14-11-15-22-29,30-23-16-12-17-24-30)31-25-18-13-19-26-31;/h11-19,21-26H,2-10,20,27-28H2,1H3;1H/q+1;/p-1. The Bertz CT molecular complexity index is 867. The minimum atomic E-state index is -2.17. The van der Waals surface area contributed by atoms with E-state index in [2.05, 4.69) is 79.7 Å². The summed E-state index contributed by atoms with van der Waals surface area (Å²) in [6, 6.07) is 31.6. The molecule has 0 aliphatic carbocycles. The summed E-state index contributed by atoms with van der Waals surface area (Å²) in [6.45, 7) is 2.78. The molecule has 194 valence electrons. The molecule has 0 aromatic heterocycles. The van der Waals surface area contributed by atoms with Gasteiger partial charge in [0.05, 0.1) is 6.61 Å². The predicted octanol–water partition coefficient (Wildman–Crippen LogP) is 4.45. The van der Waals surface area contributed by atoms with Crippen LogP contribution in [-0.2, 0) is 9.53 Å². The molecule has 0 radical (unpaired) electrons. The summed E-state index contributed by atoms with van der Waals surface area (Å²) in [6.07, 6.45) is 13.1. The fraction of sp³-hybridized carbons (Fsp3) is 0.406. The summed E-state index contributed by atoms with van der Waals surface area (Å²) in [7, 11) is -2.17. The number of unbranched alkanes of at least 4 members (excludes halogenated alkanes) is 9. The van der Waals surface area contributed by atoms with Gasteiger partial charge in [-0.2, -0.15) is 0 Å². The third-order valence-electron chi connectivity index (χ3n) is 6.72. The Labute approximate surface area is 225 Å². The maximum atomic E-state index is 13.2. The van der Waals surface area contributed by atoms with Crippen molar-refractivity contribution in [1.29, 1.82) is 0 Å². The number of rotatable bonds is 16. The van der Waals surface area contributed by atoms with Gasteiger partial charge in [-0.05, 0) is 42.8 Å². The third-order valence-corrected chi connectivity index (χ3v) is 11.0. The fourth-order valence-electron chi connectivity index (χ4n) is 4.78. The number of halogens is 1. The van der Waals surface area contributed by atoms with Gasteiger partial charge in [-0.25, -0.2) is 4.79 Å². The van der Waals surface area contributed by atoms with Gasteiger partial charge in [0.25, 0.3) is 0 Å². The number of esters is 1. The molecule has 3 aromatic rings. The third kappa shape index (κ3) is 9.06. The van der Waals surface area contributed by atoms with Crippen LogP contribution in [0.1, 0.15) is 71.1 Å². The molecular weight excluding hydrogens is 483 g/mol. The molecule has 0 spiro atoms. The van der Waals surface area contributed by atoms with Gasteiger partial charge in [-0.15, -0.1) is 0 Å². The van der Waals surface area contributed by atoms with Crippen molar-refractivity contribution in [3.05, 3.63) is 91.0 Å². The maximum absolute atomic E-state index is 13.2. The predicted molar refractivity (Wildman–Crippen MR) is 153 cm³/mol. The second-order valence-corrected chi connectivity index (χ2v) is 12.9. The van der Waals surface area contributed by atoms with Crippen LogP contribution in [0.25, 0.3) is 0 Å². The first kappa shape index (κ1) is 30.1. The summed E-state index contributed by atoms with van der Waals surface area (Å²) < 4.78 is 5.82. The van der Waals surface area contributed by atoms with Crippen LogP contribution in [0, 0.1) is 0 Å². The van der Waals surface area contributed by atoms with Crippen molar-refractivity contribution >= 4 is 29.1 Å². The first-order valence-electron chi connectivity index (χ1n) is 13.5. The van der Waals surface area contributed by atoms with Gasteiger partial charge in [-0.1, -0.05) is 119 Å². The second-order valence-electron chi connectivity index (χ2n) is 9.38. The number of ether oxygens (including phenoxy) is 1. The summed E-state index contributed by atoms with van der Waals surface area (Å²) in [5, 5.41) is 3.65. The van der Waals surface area contributed by atoms with Crippen LogP contribution in [0.3, 0.4) is 0 Å². The molecule has 0 aliphatic rings. The van der Waals surface area contributed by atoms with E-state index < -0.39 is 7.26 Å². The average Bonchev–Trinajstić information content (AvgIpc) is 2.92. The molecule has 0 saturated heterocycles. The quantitative estimate of drug-likeness (QED) is 0.157. The Morgan fingerprint density at radius 2 is 0.944 bits per heavy atom. The molecule has 4 heteroatoms. The Morgan fingerprint density at radius 3 is 1.33 bits per heavy atom. The highest BCUT2D eigenvalue weighted by Gasteiger charge is 2.47. The van der Waals surface area contributed by atoms with Crippen molar-refractivity contribution in [3.63, 3.8) is 0 Å². The zero-order valence-corrected chi connectivity index (χ0v) is 23.4. The lowest BCUT2D eigenvalue weighted by atomic mass is 10.1. The Balaban J connectivity index is 0.00000456. The average molecular weight is 525 g/mol. The van der Waals surface area contributed by atoms with E-state index in [0.717, 1.165) is 12.8 Å². The number of hydrogen-bond donors (Lipinski definition) is 0. The highest BCUT2D eigenvalue weighted by atomic mass is 35.5. The Kier molecular flexibility index (Phi) is 14.5. The van der Waals surface area contributed by atoms with Gasteiger partial charge < -0.3 is 17.1 Å². The molecule has 0 fully saturated rings. The topological polar surface area (TPSA) is 26.3 Å². The van der Waals surface area contributed by atoms with Crippen LogP contribution in [-0.4, -0.2) is 18.7 Å². The zero-order valence-electron chi connectivity index (χ0n) is 21.8. The molecule has 3 rings (SSSR count). The SMILES string of the molecule is CCCCCCCCCCCCOC(=O)C[P+](c1ccccc1)(c1ccccc1)c1ccccc1.[Cl-]. The molecule has 0 bridgehead atoms. The second kappa shape index (κ2) is 17.3. The van der Waals surface area contributed by atoms with Crippen molar-refractivity contribution in [3.8, 4) is 0 Å². The van der Waals surface area contributed by atoms with Crippen molar-refractivity contribution in [2.45, 2.75) is 71.1 Å². The molecule has 0 heterocycles. The molecule has 0 atom stereocenters. The first-order valence-corrected chi connectivity index (χ1v) is 15.5. The Hall–Kier alpha value is -2.15. The molecule has 0 saturated carbocycles. The van der Waals surface area contributed by atoms with Crippen molar-refractivity contribution in [2.24, 2.45) is 0 Å². The van der Waals surface area contributed by atoms with Gasteiger partial charge in [0, 0.05) is 0 Å². The molecule has 0 unspecified atom stereocenters. The molecule has 0 N–H and O–H groups in total. The monoisotopic (exact) mass is 524 g/mol. The zero-order chi connectivity index (χ0) is 24.6. The highest BCUT2D eigenvalue weighted by molar-refractivity contribution is 7.96. The van der Waals surface area contributed by atoms with Gasteiger partial charge in [0.1, 0.15) is 23.2 Å². The fourth-order valence-corrected chi connectivity index (χ4v) is 8.75. The Morgan fingerprint density at radius 1 is 0.583 bits per heavy atom. The van der Waals surface area contributed by atoms with Crippen LogP contribution in [0.2, 0.25) is 0 Å². The highest BCUT2D eigenvalue weighted by Crippen LogP contribution is 2.55. The van der Waals surface area contributed by atoms with Gasteiger partial charge in [-0.3, -0.25) is 0 Å². The van der Waals surface area contributed by atoms with Crippen molar-refractivity contribution in [1.82, 2.24) is 0 Å². The van der Waals surface area contributed by atoms with E-state index in [1.165, 1.54) is 67.3 Å². The number of benzene rings is 3. The van der Waals surface area contributed by atoms with E-state index >= 15 is 0 Å².